The van der Waals surface area contributed by atoms with Gasteiger partial charge in [0.1, 0.15) is 11.5 Å². The predicted molar refractivity (Wildman–Crippen MR) is 63.7 cm³/mol. The van der Waals surface area contributed by atoms with Crippen molar-refractivity contribution in [2.75, 3.05) is 14.2 Å². The third-order valence-corrected chi connectivity index (χ3v) is 3.22. The van der Waals surface area contributed by atoms with Gasteiger partial charge in [0.2, 0.25) is 0 Å². The van der Waals surface area contributed by atoms with Gasteiger partial charge in [0.05, 0.1) is 19.6 Å². The number of alkyl halides is 7. The van der Waals surface area contributed by atoms with E-state index < -0.39 is 29.2 Å². The molecule has 0 aliphatic carbocycles. The van der Waals surface area contributed by atoms with Gasteiger partial charge in [-0.05, 0) is 18.2 Å². The molecule has 0 saturated heterocycles. The first-order valence-corrected chi connectivity index (χ1v) is 5.95. The lowest BCUT2D eigenvalue weighted by molar-refractivity contribution is -0.284. The van der Waals surface area contributed by atoms with E-state index in [2.05, 4.69) is 0 Å². The molecule has 0 fully saturated rings. The van der Waals surface area contributed by atoms with Crippen LogP contribution in [0.3, 0.4) is 0 Å². The zero-order valence-electron chi connectivity index (χ0n) is 10.8. The predicted octanol–water partition coefficient (Wildman–Crippen LogP) is 4.72. The van der Waals surface area contributed by atoms with Crippen LogP contribution in [-0.2, 0) is 0 Å². The second-order valence-corrected chi connectivity index (χ2v) is 4.54. The van der Waals surface area contributed by atoms with E-state index in [9.17, 15) is 26.3 Å². The van der Waals surface area contributed by atoms with Crippen molar-refractivity contribution in [2.45, 2.75) is 17.7 Å². The van der Waals surface area contributed by atoms with Crippen LogP contribution < -0.4 is 9.47 Å². The maximum absolute atomic E-state index is 12.7. The quantitative estimate of drug-likeness (QED) is 0.585. The SMILES string of the molecule is COc1ccc(OC)c(C(Cl)C(C(F)(F)F)C(F)(F)F)c1. The van der Waals surface area contributed by atoms with Crippen molar-refractivity contribution in [3.8, 4) is 11.5 Å². The molecule has 0 spiro atoms. The summed E-state index contributed by atoms with van der Waals surface area (Å²) in [6, 6.07) is 3.51. The van der Waals surface area contributed by atoms with Crippen molar-refractivity contribution in [1.29, 1.82) is 0 Å². The lowest BCUT2D eigenvalue weighted by atomic mass is 9.96. The Morgan fingerprint density at radius 2 is 1.48 bits per heavy atom. The Morgan fingerprint density at radius 1 is 0.952 bits per heavy atom. The van der Waals surface area contributed by atoms with Crippen LogP contribution in [0.1, 0.15) is 10.9 Å². The molecule has 1 aromatic carbocycles. The molecule has 9 heteroatoms. The van der Waals surface area contributed by atoms with Gasteiger partial charge >= 0.3 is 12.4 Å². The molecule has 0 radical (unpaired) electrons. The van der Waals surface area contributed by atoms with Crippen molar-refractivity contribution < 1.29 is 35.8 Å². The van der Waals surface area contributed by atoms with Crippen molar-refractivity contribution in [1.82, 2.24) is 0 Å². The molecule has 0 bridgehead atoms. The van der Waals surface area contributed by atoms with Gasteiger partial charge in [-0.25, -0.2) is 0 Å². The molecule has 0 N–H and O–H groups in total. The van der Waals surface area contributed by atoms with Gasteiger partial charge in [0, 0.05) is 5.56 Å². The molecule has 21 heavy (non-hydrogen) atoms. The van der Waals surface area contributed by atoms with Crippen LogP contribution in [0.2, 0.25) is 0 Å². The molecular formula is C12H11ClF6O2. The summed E-state index contributed by atoms with van der Waals surface area (Å²) in [6.45, 7) is 0. The van der Waals surface area contributed by atoms with Crippen LogP contribution in [0.5, 0.6) is 11.5 Å². The monoisotopic (exact) mass is 336 g/mol. The highest BCUT2D eigenvalue weighted by molar-refractivity contribution is 6.21. The summed E-state index contributed by atoms with van der Waals surface area (Å²) in [5, 5.41) is -2.39. The smallest absolute Gasteiger partial charge is 0.402 e. The van der Waals surface area contributed by atoms with Gasteiger partial charge in [0.15, 0.2) is 5.92 Å². The molecule has 1 rings (SSSR count). The summed E-state index contributed by atoms with van der Waals surface area (Å²) in [4.78, 5) is 0. The molecule has 0 aliphatic rings. The van der Waals surface area contributed by atoms with E-state index in [1.165, 1.54) is 19.2 Å². The fourth-order valence-corrected chi connectivity index (χ4v) is 2.21. The number of hydrogen-bond donors (Lipinski definition) is 0. The Bertz CT molecular complexity index is 472. The van der Waals surface area contributed by atoms with E-state index in [-0.39, 0.29) is 11.5 Å². The Morgan fingerprint density at radius 3 is 1.86 bits per heavy atom. The minimum absolute atomic E-state index is 0.0690. The fourth-order valence-electron chi connectivity index (χ4n) is 1.75. The van der Waals surface area contributed by atoms with E-state index in [1.54, 1.807) is 0 Å². The molecule has 0 saturated carbocycles. The number of benzene rings is 1. The van der Waals surface area contributed by atoms with Crippen LogP contribution in [-0.4, -0.2) is 26.6 Å². The third-order valence-electron chi connectivity index (χ3n) is 2.73. The summed E-state index contributed by atoms with van der Waals surface area (Å²) in [6.07, 6.45) is -11.1. The second-order valence-electron chi connectivity index (χ2n) is 4.07. The average Bonchev–Trinajstić information content (AvgIpc) is 2.34. The number of rotatable bonds is 4. The molecule has 0 amide bonds. The largest absolute Gasteiger partial charge is 0.497 e. The van der Waals surface area contributed by atoms with E-state index in [0.29, 0.717) is 0 Å². The zero-order valence-corrected chi connectivity index (χ0v) is 11.6. The minimum atomic E-state index is -5.54. The van der Waals surface area contributed by atoms with E-state index in [0.717, 1.165) is 13.2 Å². The lowest BCUT2D eigenvalue weighted by Crippen LogP contribution is -2.39. The van der Waals surface area contributed by atoms with Crippen molar-refractivity contribution in [3.05, 3.63) is 23.8 Å². The van der Waals surface area contributed by atoms with Crippen molar-refractivity contribution in [2.24, 2.45) is 5.92 Å². The maximum Gasteiger partial charge on any atom is 0.402 e. The zero-order chi connectivity index (χ0) is 16.4. The summed E-state index contributed by atoms with van der Waals surface area (Å²) in [5.74, 6) is -3.83. The first-order valence-electron chi connectivity index (χ1n) is 5.51. The molecule has 1 atom stereocenters. The Hall–Kier alpha value is -1.31. The topological polar surface area (TPSA) is 18.5 Å². The van der Waals surface area contributed by atoms with Crippen LogP contribution in [0.25, 0.3) is 0 Å². The highest BCUT2D eigenvalue weighted by atomic mass is 35.5. The standard InChI is InChI=1S/C12H11ClF6O2/c1-20-6-3-4-8(21-2)7(5-6)9(13)10(11(14,15)16)12(17,18)19/h3-5,9-10H,1-2H3. The molecule has 0 aromatic heterocycles. The van der Waals surface area contributed by atoms with E-state index >= 15 is 0 Å². The molecule has 2 nitrogen and oxygen atoms in total. The van der Waals surface area contributed by atoms with Crippen molar-refractivity contribution >= 4 is 11.6 Å². The molecule has 0 aliphatic heterocycles. The fraction of sp³-hybridized carbons (Fsp3) is 0.500. The van der Waals surface area contributed by atoms with Crippen LogP contribution >= 0.6 is 11.6 Å². The van der Waals surface area contributed by atoms with Gasteiger partial charge in [-0.15, -0.1) is 11.6 Å². The minimum Gasteiger partial charge on any atom is -0.497 e. The van der Waals surface area contributed by atoms with Gasteiger partial charge in [-0.1, -0.05) is 0 Å². The molecular weight excluding hydrogens is 326 g/mol. The number of methoxy groups -OCH3 is 2. The summed E-state index contributed by atoms with van der Waals surface area (Å²) < 4.78 is 85.7. The number of halogens is 7. The Kier molecular flexibility index (Phi) is 5.25. The Balaban J connectivity index is 3.35. The third kappa shape index (κ3) is 4.09. The van der Waals surface area contributed by atoms with Crippen LogP contribution in [0, 0.1) is 5.92 Å². The Labute approximate surface area is 121 Å². The first-order chi connectivity index (χ1) is 9.52. The summed E-state index contributed by atoms with van der Waals surface area (Å²) in [5.41, 5.74) is -0.446. The highest BCUT2D eigenvalue weighted by Gasteiger charge is 2.60. The molecule has 0 heterocycles. The molecule has 1 unspecified atom stereocenters. The van der Waals surface area contributed by atoms with Gasteiger partial charge in [-0.2, -0.15) is 26.3 Å². The second kappa shape index (κ2) is 6.21. The first kappa shape index (κ1) is 17.7. The summed E-state index contributed by atoms with van der Waals surface area (Å²) >= 11 is 5.48. The van der Waals surface area contributed by atoms with Crippen molar-refractivity contribution in [3.63, 3.8) is 0 Å². The number of ether oxygens (including phenoxy) is 2. The average molecular weight is 337 g/mol. The van der Waals surface area contributed by atoms with Gasteiger partial charge in [0.25, 0.3) is 0 Å². The van der Waals surface area contributed by atoms with Crippen LogP contribution in [0.15, 0.2) is 18.2 Å². The maximum atomic E-state index is 12.7. The van der Waals surface area contributed by atoms with E-state index in [4.69, 9.17) is 21.1 Å². The summed E-state index contributed by atoms with van der Waals surface area (Å²) in [7, 11) is 2.34. The van der Waals surface area contributed by atoms with E-state index in [1.807, 2.05) is 0 Å². The highest BCUT2D eigenvalue weighted by Crippen LogP contribution is 2.51. The number of hydrogen-bond acceptors (Lipinski definition) is 2. The normalized spacial score (nSPS) is 14.2. The molecule has 120 valence electrons. The van der Waals surface area contributed by atoms with Gasteiger partial charge < -0.3 is 9.47 Å². The lowest BCUT2D eigenvalue weighted by Gasteiger charge is -2.28. The molecule has 1 aromatic rings. The van der Waals surface area contributed by atoms with Crippen LogP contribution in [0.4, 0.5) is 26.3 Å². The van der Waals surface area contributed by atoms with Gasteiger partial charge in [-0.3, -0.25) is 0 Å².